The van der Waals surface area contributed by atoms with Crippen molar-refractivity contribution in [2.45, 2.75) is 6.92 Å². The number of hydrogen-bond acceptors (Lipinski definition) is 2. The largest absolute Gasteiger partial charge is 0.277 e. The standard InChI is InChI=1S/C13H11NO2/c1-10-6-8-11(9-7-10)12-4-2-3-5-13(12)14(15)16/h2-9H,1H3. The van der Waals surface area contributed by atoms with Crippen molar-refractivity contribution in [2.24, 2.45) is 0 Å². The van der Waals surface area contributed by atoms with Crippen LogP contribution in [-0.4, -0.2) is 4.92 Å². The van der Waals surface area contributed by atoms with Crippen LogP contribution in [0, 0.1) is 17.0 Å². The van der Waals surface area contributed by atoms with Gasteiger partial charge >= 0.3 is 0 Å². The van der Waals surface area contributed by atoms with Gasteiger partial charge in [0.15, 0.2) is 0 Å². The van der Waals surface area contributed by atoms with Crippen LogP contribution in [0.2, 0.25) is 0 Å². The SMILES string of the molecule is Cc1ccc(-c2ccccc2[N+](=O)[O-])cc1. The molecule has 0 amide bonds. The fraction of sp³-hybridized carbons (Fsp3) is 0.0769. The summed E-state index contributed by atoms with van der Waals surface area (Å²) in [6.45, 7) is 1.99. The number of hydrogen-bond donors (Lipinski definition) is 0. The molecule has 0 saturated heterocycles. The summed E-state index contributed by atoms with van der Waals surface area (Å²) in [4.78, 5) is 10.5. The van der Waals surface area contributed by atoms with Gasteiger partial charge in [0.25, 0.3) is 5.69 Å². The second kappa shape index (κ2) is 4.14. The average molecular weight is 213 g/mol. The number of aryl methyl sites for hydroxylation is 1. The predicted molar refractivity (Wildman–Crippen MR) is 63.3 cm³/mol. The molecule has 0 aliphatic rings. The van der Waals surface area contributed by atoms with E-state index in [1.807, 2.05) is 37.3 Å². The highest BCUT2D eigenvalue weighted by Crippen LogP contribution is 2.29. The molecule has 2 aromatic carbocycles. The Kier molecular flexibility index (Phi) is 2.68. The van der Waals surface area contributed by atoms with E-state index in [1.54, 1.807) is 12.1 Å². The van der Waals surface area contributed by atoms with Crippen molar-refractivity contribution in [1.29, 1.82) is 0 Å². The van der Waals surface area contributed by atoms with Gasteiger partial charge in [-0.2, -0.15) is 0 Å². The summed E-state index contributed by atoms with van der Waals surface area (Å²) in [5, 5.41) is 10.9. The van der Waals surface area contributed by atoms with E-state index in [2.05, 4.69) is 0 Å². The first kappa shape index (κ1) is 10.4. The first-order valence-electron chi connectivity index (χ1n) is 4.99. The molecule has 0 atom stereocenters. The fourth-order valence-electron chi connectivity index (χ4n) is 1.61. The number of para-hydroxylation sites is 1. The molecule has 3 heteroatoms. The molecular weight excluding hydrogens is 202 g/mol. The molecule has 0 N–H and O–H groups in total. The first-order valence-corrected chi connectivity index (χ1v) is 4.99. The quantitative estimate of drug-likeness (QED) is 0.565. The minimum atomic E-state index is -0.352. The minimum absolute atomic E-state index is 0.145. The molecule has 0 aliphatic carbocycles. The van der Waals surface area contributed by atoms with Gasteiger partial charge < -0.3 is 0 Å². The molecule has 0 saturated carbocycles. The van der Waals surface area contributed by atoms with Crippen LogP contribution in [-0.2, 0) is 0 Å². The van der Waals surface area contributed by atoms with Crippen LogP contribution in [0.3, 0.4) is 0 Å². The average Bonchev–Trinajstić information content (AvgIpc) is 2.30. The van der Waals surface area contributed by atoms with Gasteiger partial charge in [0, 0.05) is 6.07 Å². The van der Waals surface area contributed by atoms with Crippen LogP contribution < -0.4 is 0 Å². The molecule has 0 aliphatic heterocycles. The highest BCUT2D eigenvalue weighted by atomic mass is 16.6. The number of nitro benzene ring substituents is 1. The van der Waals surface area contributed by atoms with Gasteiger partial charge in [0.2, 0.25) is 0 Å². The number of benzene rings is 2. The summed E-state index contributed by atoms with van der Waals surface area (Å²) in [7, 11) is 0. The van der Waals surface area contributed by atoms with Gasteiger partial charge in [-0.05, 0) is 18.6 Å². The fourth-order valence-corrected chi connectivity index (χ4v) is 1.61. The van der Waals surface area contributed by atoms with Crippen LogP contribution in [0.1, 0.15) is 5.56 Å². The summed E-state index contributed by atoms with van der Waals surface area (Å²) in [5.41, 5.74) is 2.82. The Bertz CT molecular complexity index is 518. The maximum absolute atomic E-state index is 10.9. The first-order chi connectivity index (χ1) is 7.68. The zero-order valence-corrected chi connectivity index (χ0v) is 8.88. The van der Waals surface area contributed by atoms with Crippen LogP contribution in [0.4, 0.5) is 5.69 Å². The molecule has 0 aromatic heterocycles. The Morgan fingerprint density at radius 1 is 1.00 bits per heavy atom. The van der Waals surface area contributed by atoms with Crippen LogP contribution in [0.5, 0.6) is 0 Å². The van der Waals surface area contributed by atoms with Crippen molar-refractivity contribution < 1.29 is 4.92 Å². The third kappa shape index (κ3) is 1.93. The third-order valence-corrected chi connectivity index (χ3v) is 2.46. The van der Waals surface area contributed by atoms with Gasteiger partial charge in [0.05, 0.1) is 10.5 Å². The van der Waals surface area contributed by atoms with Crippen LogP contribution in [0.25, 0.3) is 11.1 Å². The Balaban J connectivity index is 2.55. The number of rotatable bonds is 2. The molecular formula is C13H11NO2. The lowest BCUT2D eigenvalue weighted by Crippen LogP contribution is -1.91. The van der Waals surface area contributed by atoms with Crippen molar-refractivity contribution in [1.82, 2.24) is 0 Å². The van der Waals surface area contributed by atoms with Crippen molar-refractivity contribution >= 4 is 5.69 Å². The summed E-state index contributed by atoms with van der Waals surface area (Å²) in [6, 6.07) is 14.5. The lowest BCUT2D eigenvalue weighted by Gasteiger charge is -2.03. The maximum atomic E-state index is 10.9. The molecule has 2 rings (SSSR count). The minimum Gasteiger partial charge on any atom is -0.258 e. The number of nitro groups is 1. The van der Waals surface area contributed by atoms with Gasteiger partial charge in [-0.25, -0.2) is 0 Å². The van der Waals surface area contributed by atoms with E-state index in [9.17, 15) is 10.1 Å². The third-order valence-electron chi connectivity index (χ3n) is 2.46. The normalized spacial score (nSPS) is 10.1. The molecule has 2 aromatic rings. The van der Waals surface area contributed by atoms with Gasteiger partial charge in [-0.1, -0.05) is 42.0 Å². The van der Waals surface area contributed by atoms with Crippen molar-refractivity contribution in [3.63, 3.8) is 0 Å². The lowest BCUT2D eigenvalue weighted by atomic mass is 10.0. The molecule has 80 valence electrons. The summed E-state index contributed by atoms with van der Waals surface area (Å²) in [5.74, 6) is 0. The topological polar surface area (TPSA) is 43.1 Å². The smallest absolute Gasteiger partial charge is 0.258 e. The zero-order valence-electron chi connectivity index (χ0n) is 8.88. The monoisotopic (exact) mass is 213 g/mol. The molecule has 0 unspecified atom stereocenters. The van der Waals surface area contributed by atoms with Crippen LogP contribution >= 0.6 is 0 Å². The van der Waals surface area contributed by atoms with Gasteiger partial charge in [-0.15, -0.1) is 0 Å². The molecule has 0 heterocycles. The second-order valence-corrected chi connectivity index (χ2v) is 3.64. The van der Waals surface area contributed by atoms with E-state index >= 15 is 0 Å². The number of nitrogens with zero attached hydrogens (tertiary/aromatic N) is 1. The summed E-state index contributed by atoms with van der Waals surface area (Å²) in [6.07, 6.45) is 0. The summed E-state index contributed by atoms with van der Waals surface area (Å²) < 4.78 is 0. The van der Waals surface area contributed by atoms with E-state index in [-0.39, 0.29) is 10.6 Å². The van der Waals surface area contributed by atoms with E-state index in [0.29, 0.717) is 5.56 Å². The molecule has 0 fully saturated rings. The zero-order chi connectivity index (χ0) is 11.5. The van der Waals surface area contributed by atoms with Crippen molar-refractivity contribution in [2.75, 3.05) is 0 Å². The molecule has 0 bridgehead atoms. The second-order valence-electron chi connectivity index (χ2n) is 3.64. The Labute approximate surface area is 93.5 Å². The van der Waals surface area contributed by atoms with E-state index in [4.69, 9.17) is 0 Å². The van der Waals surface area contributed by atoms with E-state index in [1.165, 1.54) is 6.07 Å². The highest BCUT2D eigenvalue weighted by molar-refractivity contribution is 5.73. The van der Waals surface area contributed by atoms with Crippen LogP contribution in [0.15, 0.2) is 48.5 Å². The Morgan fingerprint density at radius 3 is 2.25 bits per heavy atom. The summed E-state index contributed by atoms with van der Waals surface area (Å²) >= 11 is 0. The van der Waals surface area contributed by atoms with Gasteiger partial charge in [0.1, 0.15) is 0 Å². The highest BCUT2D eigenvalue weighted by Gasteiger charge is 2.13. The predicted octanol–water partition coefficient (Wildman–Crippen LogP) is 3.57. The van der Waals surface area contributed by atoms with E-state index in [0.717, 1.165) is 11.1 Å². The van der Waals surface area contributed by atoms with Crippen molar-refractivity contribution in [3.8, 4) is 11.1 Å². The molecule has 0 spiro atoms. The molecule has 16 heavy (non-hydrogen) atoms. The van der Waals surface area contributed by atoms with Gasteiger partial charge in [-0.3, -0.25) is 10.1 Å². The molecule has 3 nitrogen and oxygen atoms in total. The maximum Gasteiger partial charge on any atom is 0.277 e. The van der Waals surface area contributed by atoms with E-state index < -0.39 is 0 Å². The molecule has 0 radical (unpaired) electrons. The Hall–Kier alpha value is -2.16. The van der Waals surface area contributed by atoms with Crippen molar-refractivity contribution in [3.05, 3.63) is 64.2 Å². The Morgan fingerprint density at radius 2 is 1.62 bits per heavy atom. The lowest BCUT2D eigenvalue weighted by molar-refractivity contribution is -0.384.